The van der Waals surface area contributed by atoms with E-state index in [1.54, 1.807) is 0 Å². The third kappa shape index (κ3) is 1.64. The Morgan fingerprint density at radius 3 is 2.72 bits per heavy atom. The molecule has 0 bridgehead atoms. The molecule has 3 rings (SSSR count). The monoisotopic (exact) mass is 243 g/mol. The van der Waals surface area contributed by atoms with E-state index >= 15 is 0 Å². The standard InChI is InChI=1S/C14H17N3O/c1-10-5-2-3-6-11(10)12-16-13(18-17-12)14(9-15)7-4-8-14/h2-3,5-6H,4,7-9,15H2,1H3. The SMILES string of the molecule is Cc1ccccc1-c1noc(C2(CN)CCC2)n1. The van der Waals surface area contributed by atoms with E-state index in [-0.39, 0.29) is 5.41 Å². The van der Waals surface area contributed by atoms with Crippen molar-refractivity contribution in [2.24, 2.45) is 5.73 Å². The van der Waals surface area contributed by atoms with Crippen LogP contribution in [0.3, 0.4) is 0 Å². The maximum Gasteiger partial charge on any atom is 0.234 e. The Hall–Kier alpha value is -1.68. The average Bonchev–Trinajstić information content (AvgIpc) is 2.79. The van der Waals surface area contributed by atoms with Crippen LogP contribution in [0.4, 0.5) is 0 Å². The van der Waals surface area contributed by atoms with Gasteiger partial charge in [-0.25, -0.2) is 0 Å². The van der Waals surface area contributed by atoms with Crippen molar-refractivity contribution in [3.05, 3.63) is 35.7 Å². The van der Waals surface area contributed by atoms with Gasteiger partial charge in [0, 0.05) is 12.1 Å². The highest BCUT2D eigenvalue weighted by molar-refractivity contribution is 5.59. The normalized spacial score (nSPS) is 17.4. The highest BCUT2D eigenvalue weighted by Crippen LogP contribution is 2.42. The molecular formula is C14H17N3O. The summed E-state index contributed by atoms with van der Waals surface area (Å²) in [4.78, 5) is 4.55. The fourth-order valence-corrected chi connectivity index (χ4v) is 2.48. The molecule has 2 aromatic rings. The lowest BCUT2D eigenvalue weighted by atomic mass is 9.69. The van der Waals surface area contributed by atoms with E-state index in [4.69, 9.17) is 10.3 Å². The van der Waals surface area contributed by atoms with Crippen molar-refractivity contribution in [2.75, 3.05) is 6.54 Å². The van der Waals surface area contributed by atoms with E-state index in [1.807, 2.05) is 31.2 Å². The first-order valence-corrected chi connectivity index (χ1v) is 6.35. The number of aryl methyl sites for hydroxylation is 1. The second-order valence-electron chi connectivity index (χ2n) is 5.08. The summed E-state index contributed by atoms with van der Waals surface area (Å²) >= 11 is 0. The molecule has 1 heterocycles. The van der Waals surface area contributed by atoms with Gasteiger partial charge in [0.25, 0.3) is 0 Å². The quantitative estimate of drug-likeness (QED) is 0.899. The van der Waals surface area contributed by atoms with Crippen LogP contribution >= 0.6 is 0 Å². The van der Waals surface area contributed by atoms with Gasteiger partial charge in [0.2, 0.25) is 11.7 Å². The van der Waals surface area contributed by atoms with E-state index < -0.39 is 0 Å². The van der Waals surface area contributed by atoms with E-state index in [1.165, 1.54) is 6.42 Å². The third-order valence-corrected chi connectivity index (χ3v) is 3.97. The Balaban J connectivity index is 1.97. The Morgan fingerprint density at radius 1 is 1.33 bits per heavy atom. The van der Waals surface area contributed by atoms with E-state index in [0.717, 1.165) is 24.0 Å². The molecule has 18 heavy (non-hydrogen) atoms. The molecule has 1 aromatic heterocycles. The molecule has 0 unspecified atom stereocenters. The average molecular weight is 243 g/mol. The molecule has 0 saturated heterocycles. The summed E-state index contributed by atoms with van der Waals surface area (Å²) in [5.41, 5.74) is 7.97. The molecular weight excluding hydrogens is 226 g/mol. The predicted octanol–water partition coefficient (Wildman–Crippen LogP) is 2.43. The van der Waals surface area contributed by atoms with Crippen LogP contribution < -0.4 is 5.73 Å². The molecule has 0 radical (unpaired) electrons. The van der Waals surface area contributed by atoms with Crippen molar-refractivity contribution in [1.29, 1.82) is 0 Å². The van der Waals surface area contributed by atoms with Crippen LogP contribution in [-0.2, 0) is 5.41 Å². The Kier molecular flexibility index (Phi) is 2.67. The maximum atomic E-state index is 5.85. The van der Waals surface area contributed by atoms with E-state index in [9.17, 15) is 0 Å². The topological polar surface area (TPSA) is 64.9 Å². The van der Waals surface area contributed by atoms with Crippen LogP contribution in [0.5, 0.6) is 0 Å². The molecule has 4 heteroatoms. The molecule has 94 valence electrons. The van der Waals surface area contributed by atoms with Crippen molar-refractivity contribution in [1.82, 2.24) is 10.1 Å². The number of hydrogen-bond acceptors (Lipinski definition) is 4. The van der Waals surface area contributed by atoms with Crippen molar-refractivity contribution in [3.8, 4) is 11.4 Å². The Bertz CT molecular complexity index is 552. The molecule has 1 aromatic carbocycles. The lowest BCUT2D eigenvalue weighted by Crippen LogP contribution is -2.41. The van der Waals surface area contributed by atoms with Gasteiger partial charge in [-0.3, -0.25) is 0 Å². The number of benzene rings is 1. The largest absolute Gasteiger partial charge is 0.338 e. The highest BCUT2D eigenvalue weighted by Gasteiger charge is 2.42. The zero-order valence-electron chi connectivity index (χ0n) is 10.5. The van der Waals surface area contributed by atoms with Crippen molar-refractivity contribution in [3.63, 3.8) is 0 Å². The summed E-state index contributed by atoms with van der Waals surface area (Å²) in [6, 6.07) is 8.06. The minimum Gasteiger partial charge on any atom is -0.338 e. The van der Waals surface area contributed by atoms with E-state index in [0.29, 0.717) is 18.3 Å². The van der Waals surface area contributed by atoms with E-state index in [2.05, 4.69) is 10.1 Å². The van der Waals surface area contributed by atoms with Gasteiger partial charge < -0.3 is 10.3 Å². The highest BCUT2D eigenvalue weighted by atomic mass is 16.5. The summed E-state index contributed by atoms with van der Waals surface area (Å²) in [6.07, 6.45) is 3.30. The fourth-order valence-electron chi connectivity index (χ4n) is 2.48. The number of aromatic nitrogens is 2. The van der Waals surface area contributed by atoms with Crippen LogP contribution in [0.25, 0.3) is 11.4 Å². The first-order valence-electron chi connectivity index (χ1n) is 6.35. The molecule has 0 amide bonds. The summed E-state index contributed by atoms with van der Waals surface area (Å²) in [7, 11) is 0. The zero-order chi connectivity index (χ0) is 12.6. The summed E-state index contributed by atoms with van der Waals surface area (Å²) in [6.45, 7) is 2.63. The molecule has 0 atom stereocenters. The van der Waals surface area contributed by atoms with Gasteiger partial charge in [-0.05, 0) is 25.3 Å². The Morgan fingerprint density at radius 2 is 2.11 bits per heavy atom. The predicted molar refractivity (Wildman–Crippen MR) is 69.1 cm³/mol. The van der Waals surface area contributed by atoms with Crippen LogP contribution in [0.1, 0.15) is 30.7 Å². The van der Waals surface area contributed by atoms with Crippen LogP contribution in [0, 0.1) is 6.92 Å². The van der Waals surface area contributed by atoms with Crippen molar-refractivity contribution in [2.45, 2.75) is 31.6 Å². The first-order chi connectivity index (χ1) is 8.75. The number of hydrogen-bond donors (Lipinski definition) is 1. The van der Waals surface area contributed by atoms with Gasteiger partial charge in [-0.2, -0.15) is 4.98 Å². The van der Waals surface area contributed by atoms with Crippen molar-refractivity contribution >= 4 is 0 Å². The van der Waals surface area contributed by atoms with Gasteiger partial charge in [-0.1, -0.05) is 35.8 Å². The van der Waals surface area contributed by atoms with Gasteiger partial charge in [0.05, 0.1) is 5.41 Å². The minimum absolute atomic E-state index is 0.0616. The zero-order valence-corrected chi connectivity index (χ0v) is 10.5. The summed E-state index contributed by atoms with van der Waals surface area (Å²) in [5, 5.41) is 4.10. The summed E-state index contributed by atoms with van der Waals surface area (Å²) < 4.78 is 5.43. The molecule has 0 aliphatic heterocycles. The third-order valence-electron chi connectivity index (χ3n) is 3.97. The lowest BCUT2D eigenvalue weighted by Gasteiger charge is -2.36. The van der Waals surface area contributed by atoms with Crippen molar-refractivity contribution < 1.29 is 4.52 Å². The smallest absolute Gasteiger partial charge is 0.234 e. The van der Waals surface area contributed by atoms with Gasteiger partial charge in [-0.15, -0.1) is 0 Å². The second-order valence-corrected chi connectivity index (χ2v) is 5.08. The van der Waals surface area contributed by atoms with Gasteiger partial charge >= 0.3 is 0 Å². The lowest BCUT2D eigenvalue weighted by molar-refractivity contribution is 0.182. The van der Waals surface area contributed by atoms with Gasteiger partial charge in [0.15, 0.2) is 0 Å². The van der Waals surface area contributed by atoms with Crippen LogP contribution in [0.15, 0.2) is 28.8 Å². The molecule has 1 aliphatic rings. The minimum atomic E-state index is -0.0616. The number of nitrogens with two attached hydrogens (primary N) is 1. The van der Waals surface area contributed by atoms with Gasteiger partial charge in [0.1, 0.15) is 0 Å². The number of rotatable bonds is 3. The maximum absolute atomic E-state index is 5.85. The molecule has 1 fully saturated rings. The molecule has 4 nitrogen and oxygen atoms in total. The summed E-state index contributed by atoms with van der Waals surface area (Å²) in [5.74, 6) is 1.37. The fraction of sp³-hybridized carbons (Fsp3) is 0.429. The molecule has 1 saturated carbocycles. The molecule has 2 N–H and O–H groups in total. The second kappa shape index (κ2) is 4.21. The van der Waals surface area contributed by atoms with Crippen LogP contribution in [-0.4, -0.2) is 16.7 Å². The van der Waals surface area contributed by atoms with Crippen LogP contribution in [0.2, 0.25) is 0 Å². The molecule has 0 spiro atoms. The Labute approximate surface area is 106 Å². The molecule has 1 aliphatic carbocycles. The first kappa shape index (κ1) is 11.4. The number of nitrogens with zero attached hydrogens (tertiary/aromatic N) is 2.